The molecule has 0 saturated carbocycles. The molecule has 1 heterocycles. The zero-order valence-electron chi connectivity index (χ0n) is 8.28. The summed E-state index contributed by atoms with van der Waals surface area (Å²) >= 11 is 1.58. The first-order chi connectivity index (χ1) is 6.11. The summed E-state index contributed by atoms with van der Waals surface area (Å²) in [4.78, 5) is 15.5. The lowest BCUT2D eigenvalue weighted by Gasteiger charge is -2.15. The Kier molecular flexibility index (Phi) is 3.60. The van der Waals surface area contributed by atoms with E-state index < -0.39 is 0 Å². The molecule has 1 unspecified atom stereocenters. The van der Waals surface area contributed by atoms with Crippen LogP contribution < -0.4 is 0 Å². The molecule has 13 heavy (non-hydrogen) atoms. The molecule has 1 rings (SSSR count). The van der Waals surface area contributed by atoms with Gasteiger partial charge in [-0.2, -0.15) is 0 Å². The summed E-state index contributed by atoms with van der Waals surface area (Å²) in [6.45, 7) is 5.83. The number of nitrogens with zero attached hydrogens (tertiary/aromatic N) is 1. The molecule has 0 amide bonds. The summed E-state index contributed by atoms with van der Waals surface area (Å²) in [5.74, 6) is 0.796. The highest BCUT2D eigenvalue weighted by molar-refractivity contribution is 7.07. The van der Waals surface area contributed by atoms with Crippen molar-refractivity contribution in [1.29, 1.82) is 0 Å². The molecule has 72 valence electrons. The normalized spacial score (nSPS) is 13.2. The first kappa shape index (κ1) is 10.4. The molecule has 0 aliphatic heterocycles. The average molecular weight is 197 g/mol. The van der Waals surface area contributed by atoms with Crippen molar-refractivity contribution < 1.29 is 4.79 Å². The third-order valence-corrected chi connectivity index (χ3v) is 2.87. The van der Waals surface area contributed by atoms with Gasteiger partial charge in [0.1, 0.15) is 5.78 Å². The summed E-state index contributed by atoms with van der Waals surface area (Å²) in [6, 6.07) is 0. The summed E-state index contributed by atoms with van der Waals surface area (Å²) in [5, 5.41) is 2.01. The number of hydrogen-bond acceptors (Lipinski definition) is 3. The minimum absolute atomic E-state index is 0.127. The van der Waals surface area contributed by atoms with Gasteiger partial charge in [-0.3, -0.25) is 4.79 Å². The number of ketones is 1. The van der Waals surface area contributed by atoms with Crippen molar-refractivity contribution in [3.8, 4) is 0 Å². The summed E-state index contributed by atoms with van der Waals surface area (Å²) in [6.07, 6.45) is 0.788. The quantitative estimate of drug-likeness (QED) is 0.742. The maximum Gasteiger partial charge on any atom is 0.133 e. The van der Waals surface area contributed by atoms with Crippen LogP contribution in [0, 0.1) is 11.8 Å². The van der Waals surface area contributed by atoms with Crippen molar-refractivity contribution in [2.24, 2.45) is 11.8 Å². The van der Waals surface area contributed by atoms with Crippen LogP contribution in [0.25, 0.3) is 0 Å². The van der Waals surface area contributed by atoms with E-state index in [-0.39, 0.29) is 11.7 Å². The molecular formula is C10H15NOS. The molecule has 0 aliphatic carbocycles. The largest absolute Gasteiger partial charge is 0.300 e. The Morgan fingerprint density at radius 2 is 2.31 bits per heavy atom. The molecule has 0 aliphatic rings. The van der Waals surface area contributed by atoms with Gasteiger partial charge in [0.25, 0.3) is 0 Å². The third kappa shape index (κ3) is 2.92. The second-order valence-corrected chi connectivity index (χ2v) is 4.36. The van der Waals surface area contributed by atoms with E-state index in [1.165, 1.54) is 0 Å². The first-order valence-electron chi connectivity index (χ1n) is 4.48. The zero-order valence-corrected chi connectivity index (χ0v) is 9.10. The summed E-state index contributed by atoms with van der Waals surface area (Å²) < 4.78 is 0. The van der Waals surface area contributed by atoms with Gasteiger partial charge in [-0.1, -0.05) is 13.8 Å². The molecule has 1 aromatic rings. The van der Waals surface area contributed by atoms with Crippen LogP contribution in [0.15, 0.2) is 10.9 Å². The van der Waals surface area contributed by atoms with Crippen LogP contribution in [0.2, 0.25) is 0 Å². The maximum absolute atomic E-state index is 11.3. The highest BCUT2D eigenvalue weighted by Gasteiger charge is 2.19. The van der Waals surface area contributed by atoms with Gasteiger partial charge in [0.05, 0.1) is 11.2 Å². The van der Waals surface area contributed by atoms with Gasteiger partial charge in [0, 0.05) is 17.7 Å². The summed E-state index contributed by atoms with van der Waals surface area (Å²) in [7, 11) is 0. The molecule has 3 heteroatoms. The van der Waals surface area contributed by atoms with E-state index in [0.717, 1.165) is 12.1 Å². The van der Waals surface area contributed by atoms with E-state index in [9.17, 15) is 4.79 Å². The average Bonchev–Trinajstić information content (AvgIpc) is 2.50. The van der Waals surface area contributed by atoms with Crippen LogP contribution in [0.4, 0.5) is 0 Å². The maximum atomic E-state index is 11.3. The van der Waals surface area contributed by atoms with Crippen LogP contribution in [-0.2, 0) is 11.2 Å². The van der Waals surface area contributed by atoms with Crippen molar-refractivity contribution in [3.63, 3.8) is 0 Å². The fourth-order valence-corrected chi connectivity index (χ4v) is 1.98. The highest BCUT2D eigenvalue weighted by Crippen LogP contribution is 2.18. The van der Waals surface area contributed by atoms with E-state index in [2.05, 4.69) is 18.8 Å². The fraction of sp³-hybridized carbons (Fsp3) is 0.600. The van der Waals surface area contributed by atoms with Gasteiger partial charge in [0.2, 0.25) is 0 Å². The van der Waals surface area contributed by atoms with E-state index in [1.54, 1.807) is 18.3 Å². The van der Waals surface area contributed by atoms with Crippen molar-refractivity contribution in [1.82, 2.24) is 4.98 Å². The molecule has 0 fully saturated rings. The number of rotatable bonds is 4. The van der Waals surface area contributed by atoms with Crippen molar-refractivity contribution >= 4 is 17.1 Å². The predicted octanol–water partition coefficient (Wildman–Crippen LogP) is 2.55. The number of hydrogen-bond donors (Lipinski definition) is 0. The Hall–Kier alpha value is -0.700. The van der Waals surface area contributed by atoms with Gasteiger partial charge in [-0.25, -0.2) is 4.98 Å². The number of carbonyl (C=O) groups excluding carboxylic acids is 1. The monoisotopic (exact) mass is 197 g/mol. The Morgan fingerprint density at radius 3 is 2.69 bits per heavy atom. The SMILES string of the molecule is CC(=O)C(Cc1cscn1)C(C)C. The van der Waals surface area contributed by atoms with Crippen molar-refractivity contribution in [2.45, 2.75) is 27.2 Å². The molecule has 0 N–H and O–H groups in total. The van der Waals surface area contributed by atoms with Crippen molar-refractivity contribution in [3.05, 3.63) is 16.6 Å². The lowest BCUT2D eigenvalue weighted by atomic mass is 9.88. The Balaban J connectivity index is 2.63. The summed E-state index contributed by atoms with van der Waals surface area (Å²) in [5.41, 5.74) is 2.85. The Morgan fingerprint density at radius 1 is 1.62 bits per heavy atom. The predicted molar refractivity (Wildman–Crippen MR) is 54.8 cm³/mol. The van der Waals surface area contributed by atoms with E-state index in [0.29, 0.717) is 5.92 Å². The van der Waals surface area contributed by atoms with Crippen LogP contribution in [0.5, 0.6) is 0 Å². The number of thiazole rings is 1. The topological polar surface area (TPSA) is 30.0 Å². The second-order valence-electron chi connectivity index (χ2n) is 3.65. The number of Topliss-reactive ketones (excluding diaryl/α,β-unsaturated/α-hetero) is 1. The van der Waals surface area contributed by atoms with Crippen molar-refractivity contribution in [2.75, 3.05) is 0 Å². The highest BCUT2D eigenvalue weighted by atomic mass is 32.1. The van der Waals surface area contributed by atoms with E-state index >= 15 is 0 Å². The third-order valence-electron chi connectivity index (χ3n) is 2.24. The molecule has 2 nitrogen and oxygen atoms in total. The lowest BCUT2D eigenvalue weighted by Crippen LogP contribution is -2.20. The molecule has 0 radical (unpaired) electrons. The Labute approximate surface area is 83.0 Å². The lowest BCUT2D eigenvalue weighted by molar-refractivity contribution is -0.121. The second kappa shape index (κ2) is 4.51. The van der Waals surface area contributed by atoms with E-state index in [1.807, 2.05) is 10.9 Å². The molecule has 1 aromatic heterocycles. The number of carbonyl (C=O) groups is 1. The molecule has 0 spiro atoms. The number of aromatic nitrogens is 1. The molecule has 0 aromatic carbocycles. The molecule has 0 saturated heterocycles. The van der Waals surface area contributed by atoms with Crippen LogP contribution in [0.1, 0.15) is 26.5 Å². The minimum Gasteiger partial charge on any atom is -0.300 e. The minimum atomic E-state index is 0.127. The van der Waals surface area contributed by atoms with Gasteiger partial charge >= 0.3 is 0 Å². The smallest absolute Gasteiger partial charge is 0.133 e. The standard InChI is InChI=1S/C10H15NOS/c1-7(2)10(8(3)12)4-9-5-13-6-11-9/h5-7,10H,4H2,1-3H3. The van der Waals surface area contributed by atoms with Gasteiger partial charge in [-0.05, 0) is 12.8 Å². The van der Waals surface area contributed by atoms with Gasteiger partial charge in [0.15, 0.2) is 0 Å². The zero-order chi connectivity index (χ0) is 9.84. The van der Waals surface area contributed by atoms with Gasteiger partial charge < -0.3 is 0 Å². The van der Waals surface area contributed by atoms with Gasteiger partial charge in [-0.15, -0.1) is 11.3 Å². The first-order valence-corrected chi connectivity index (χ1v) is 5.43. The van der Waals surface area contributed by atoms with Crippen LogP contribution in [-0.4, -0.2) is 10.8 Å². The Bertz CT molecular complexity index is 266. The molecule has 0 bridgehead atoms. The molecular weight excluding hydrogens is 182 g/mol. The van der Waals surface area contributed by atoms with E-state index in [4.69, 9.17) is 0 Å². The van der Waals surface area contributed by atoms with Crippen LogP contribution in [0.3, 0.4) is 0 Å². The van der Waals surface area contributed by atoms with Crippen LogP contribution >= 0.6 is 11.3 Å². The fourth-order valence-electron chi connectivity index (χ4n) is 1.41. The molecule has 1 atom stereocenters.